The van der Waals surface area contributed by atoms with Crippen LogP contribution in [0.3, 0.4) is 0 Å². The lowest BCUT2D eigenvalue weighted by molar-refractivity contribution is 0.0957. The number of pyridine rings is 1. The van der Waals surface area contributed by atoms with Crippen LogP contribution in [0.15, 0.2) is 54.9 Å². The summed E-state index contributed by atoms with van der Waals surface area (Å²) in [4.78, 5) is 38.6. The van der Waals surface area contributed by atoms with Crippen molar-refractivity contribution in [2.45, 2.75) is 25.7 Å². The largest absolute Gasteiger partial charge is 0.395 e. The monoisotopic (exact) mass is 524 g/mol. The van der Waals surface area contributed by atoms with Gasteiger partial charge in [0.1, 0.15) is 11.5 Å². The number of amides is 2. The van der Waals surface area contributed by atoms with E-state index in [2.05, 4.69) is 36.1 Å². The van der Waals surface area contributed by atoms with Gasteiger partial charge >= 0.3 is 0 Å². The SMILES string of the molecule is CNC(=O)c1cc(-c2cc(NCCO)nc(-c3cc(NC(=O)c4cc(C5CC5)cnn4)ccc3C)n2)ccn1. The Morgan fingerprint density at radius 2 is 1.87 bits per heavy atom. The number of carbonyl (C=O) groups is 2. The van der Waals surface area contributed by atoms with Crippen molar-refractivity contribution in [1.29, 1.82) is 0 Å². The number of aliphatic hydroxyl groups is 1. The molecule has 3 heterocycles. The molecule has 0 unspecified atom stereocenters. The van der Waals surface area contributed by atoms with Crippen molar-refractivity contribution in [3.63, 3.8) is 0 Å². The number of nitrogens with one attached hydrogen (secondary N) is 3. The molecule has 1 saturated carbocycles. The molecular weight excluding hydrogens is 496 g/mol. The molecule has 4 aromatic rings. The van der Waals surface area contributed by atoms with Crippen molar-refractivity contribution in [2.24, 2.45) is 0 Å². The quantitative estimate of drug-likeness (QED) is 0.258. The molecule has 1 aliphatic rings. The first-order valence-electron chi connectivity index (χ1n) is 12.6. The fraction of sp³-hybridized carbons (Fsp3) is 0.250. The van der Waals surface area contributed by atoms with Crippen LogP contribution in [-0.4, -0.2) is 62.3 Å². The summed E-state index contributed by atoms with van der Waals surface area (Å²) in [5.41, 5.74) is 4.96. The topological polar surface area (TPSA) is 155 Å². The summed E-state index contributed by atoms with van der Waals surface area (Å²) in [6, 6.07) is 12.4. The Balaban J connectivity index is 1.49. The van der Waals surface area contributed by atoms with Crippen LogP contribution in [0, 0.1) is 6.92 Å². The Labute approximate surface area is 225 Å². The maximum atomic E-state index is 12.9. The Morgan fingerprint density at radius 1 is 1.03 bits per heavy atom. The zero-order valence-corrected chi connectivity index (χ0v) is 21.6. The Morgan fingerprint density at radius 3 is 2.64 bits per heavy atom. The second-order valence-electron chi connectivity index (χ2n) is 9.25. The lowest BCUT2D eigenvalue weighted by Gasteiger charge is -2.13. The van der Waals surface area contributed by atoms with Gasteiger partial charge in [-0.2, -0.15) is 5.10 Å². The van der Waals surface area contributed by atoms with E-state index < -0.39 is 0 Å². The second kappa shape index (κ2) is 11.3. The highest BCUT2D eigenvalue weighted by Gasteiger charge is 2.25. The summed E-state index contributed by atoms with van der Waals surface area (Å²) in [5, 5.41) is 25.9. The van der Waals surface area contributed by atoms with E-state index in [1.54, 1.807) is 43.7 Å². The standard InChI is InChI=1S/C28H28N8O3/c1-16-3-6-20(33-28(39)24-12-19(15-32-36-24)17-4-5-17)13-21(16)26-34-22(14-25(35-26)31-9-10-37)18-7-8-30-23(11-18)27(38)29-2/h3,6-8,11-15,17,37H,4-5,9-10H2,1-2H3,(H,29,38)(H,33,39)(H,31,34,35). The summed E-state index contributed by atoms with van der Waals surface area (Å²) in [5.74, 6) is 0.720. The number of nitrogens with zero attached hydrogens (tertiary/aromatic N) is 5. The number of anilines is 2. The van der Waals surface area contributed by atoms with Crippen molar-refractivity contribution >= 4 is 23.3 Å². The zero-order chi connectivity index (χ0) is 27.4. The smallest absolute Gasteiger partial charge is 0.276 e. The first-order chi connectivity index (χ1) is 18.9. The molecule has 0 atom stereocenters. The average Bonchev–Trinajstić information content (AvgIpc) is 3.82. The molecule has 3 aromatic heterocycles. The Bertz CT molecular complexity index is 1540. The van der Waals surface area contributed by atoms with Gasteiger partial charge in [-0.05, 0) is 67.1 Å². The van der Waals surface area contributed by atoms with Crippen LogP contribution in [0.25, 0.3) is 22.6 Å². The maximum Gasteiger partial charge on any atom is 0.276 e. The lowest BCUT2D eigenvalue weighted by atomic mass is 10.1. The molecule has 0 spiro atoms. The van der Waals surface area contributed by atoms with E-state index in [0.29, 0.717) is 46.6 Å². The molecule has 0 aliphatic heterocycles. The first kappa shape index (κ1) is 25.9. The Kier molecular flexibility index (Phi) is 7.50. The van der Waals surface area contributed by atoms with Gasteiger partial charge in [-0.1, -0.05) is 6.07 Å². The molecule has 1 fully saturated rings. The van der Waals surface area contributed by atoms with Gasteiger partial charge in [-0.25, -0.2) is 9.97 Å². The molecule has 1 aromatic carbocycles. The number of aryl methyl sites for hydroxylation is 1. The van der Waals surface area contributed by atoms with Crippen molar-refractivity contribution in [2.75, 3.05) is 30.8 Å². The third kappa shape index (κ3) is 6.04. The molecule has 0 bridgehead atoms. The van der Waals surface area contributed by atoms with Crippen LogP contribution < -0.4 is 16.0 Å². The van der Waals surface area contributed by atoms with E-state index >= 15 is 0 Å². The van der Waals surface area contributed by atoms with Crippen molar-refractivity contribution in [1.82, 2.24) is 30.5 Å². The molecule has 39 heavy (non-hydrogen) atoms. The number of hydrogen-bond donors (Lipinski definition) is 4. The van der Waals surface area contributed by atoms with Gasteiger partial charge in [0, 0.05) is 42.7 Å². The summed E-state index contributed by atoms with van der Waals surface area (Å²) in [6.07, 6.45) is 5.47. The van der Waals surface area contributed by atoms with Gasteiger partial charge in [0.25, 0.3) is 11.8 Å². The van der Waals surface area contributed by atoms with Gasteiger partial charge in [-0.15, -0.1) is 5.10 Å². The molecule has 0 saturated heterocycles. The number of aliphatic hydroxyl groups excluding tert-OH is 1. The molecule has 2 amide bonds. The van der Waals surface area contributed by atoms with Gasteiger partial charge in [0.2, 0.25) is 0 Å². The first-order valence-corrected chi connectivity index (χ1v) is 12.6. The summed E-state index contributed by atoms with van der Waals surface area (Å²) in [7, 11) is 1.54. The minimum atomic E-state index is -0.349. The molecule has 11 nitrogen and oxygen atoms in total. The normalized spacial score (nSPS) is 12.6. The van der Waals surface area contributed by atoms with Crippen LogP contribution in [0.5, 0.6) is 0 Å². The van der Waals surface area contributed by atoms with E-state index in [1.165, 1.54) is 0 Å². The number of benzene rings is 1. The number of carbonyl (C=O) groups excluding carboxylic acids is 2. The van der Waals surface area contributed by atoms with E-state index in [1.807, 2.05) is 25.1 Å². The van der Waals surface area contributed by atoms with E-state index in [4.69, 9.17) is 4.98 Å². The molecule has 0 radical (unpaired) electrons. The highest BCUT2D eigenvalue weighted by atomic mass is 16.3. The van der Waals surface area contributed by atoms with E-state index in [9.17, 15) is 14.7 Å². The second-order valence-corrected chi connectivity index (χ2v) is 9.25. The highest BCUT2D eigenvalue weighted by Crippen LogP contribution is 2.39. The van der Waals surface area contributed by atoms with Crippen molar-refractivity contribution in [3.8, 4) is 22.6 Å². The van der Waals surface area contributed by atoms with Crippen LogP contribution in [0.2, 0.25) is 0 Å². The summed E-state index contributed by atoms with van der Waals surface area (Å²) >= 11 is 0. The van der Waals surface area contributed by atoms with Crippen LogP contribution in [0.4, 0.5) is 11.5 Å². The Hall–Kier alpha value is -4.77. The fourth-order valence-electron chi connectivity index (χ4n) is 4.10. The lowest BCUT2D eigenvalue weighted by Crippen LogP contribution is -2.19. The molecule has 1 aliphatic carbocycles. The minimum absolute atomic E-state index is 0.0733. The average molecular weight is 525 g/mol. The zero-order valence-electron chi connectivity index (χ0n) is 21.6. The van der Waals surface area contributed by atoms with Crippen molar-refractivity contribution < 1.29 is 14.7 Å². The van der Waals surface area contributed by atoms with Gasteiger partial charge in [0.05, 0.1) is 18.5 Å². The van der Waals surface area contributed by atoms with Gasteiger partial charge in [0.15, 0.2) is 11.5 Å². The fourth-order valence-corrected chi connectivity index (χ4v) is 4.10. The summed E-state index contributed by atoms with van der Waals surface area (Å²) in [6.45, 7) is 2.15. The molecule has 198 valence electrons. The van der Waals surface area contributed by atoms with Crippen molar-refractivity contribution in [3.05, 3.63) is 77.4 Å². The minimum Gasteiger partial charge on any atom is -0.395 e. The predicted molar refractivity (Wildman–Crippen MR) is 146 cm³/mol. The van der Waals surface area contributed by atoms with Crippen LogP contribution >= 0.6 is 0 Å². The van der Waals surface area contributed by atoms with Crippen LogP contribution in [-0.2, 0) is 0 Å². The molecule has 5 rings (SSSR count). The number of hydrogen-bond acceptors (Lipinski definition) is 9. The van der Waals surface area contributed by atoms with Gasteiger partial charge < -0.3 is 21.1 Å². The van der Waals surface area contributed by atoms with E-state index in [-0.39, 0.29) is 29.8 Å². The van der Waals surface area contributed by atoms with Crippen LogP contribution in [0.1, 0.15) is 50.9 Å². The molecule has 11 heteroatoms. The number of rotatable bonds is 9. The molecular formula is C28H28N8O3. The number of aromatic nitrogens is 5. The third-order valence-electron chi connectivity index (χ3n) is 6.35. The molecule has 4 N–H and O–H groups in total. The predicted octanol–water partition coefficient (Wildman–Crippen LogP) is 3.20. The summed E-state index contributed by atoms with van der Waals surface area (Å²) < 4.78 is 0. The third-order valence-corrected chi connectivity index (χ3v) is 6.35. The highest BCUT2D eigenvalue weighted by molar-refractivity contribution is 6.03. The van der Waals surface area contributed by atoms with Gasteiger partial charge in [-0.3, -0.25) is 14.6 Å². The maximum absolute atomic E-state index is 12.9. The van der Waals surface area contributed by atoms with E-state index in [0.717, 1.165) is 24.0 Å².